The largest absolute Gasteiger partial charge is 0.324 e. The van der Waals surface area contributed by atoms with Crippen molar-refractivity contribution in [3.05, 3.63) is 16.4 Å². The highest BCUT2D eigenvalue weighted by Gasteiger charge is 2.12. The van der Waals surface area contributed by atoms with Gasteiger partial charge in [-0.25, -0.2) is 4.98 Å². The van der Waals surface area contributed by atoms with E-state index in [9.17, 15) is 9.59 Å². The first-order valence-electron chi connectivity index (χ1n) is 4.31. The predicted molar refractivity (Wildman–Crippen MR) is 62.9 cm³/mol. The lowest BCUT2D eigenvalue weighted by Crippen LogP contribution is -2.13. The van der Waals surface area contributed by atoms with Crippen LogP contribution in [-0.4, -0.2) is 16.8 Å². The Kier molecular flexibility index (Phi) is 4.09. The molecule has 0 radical (unpaired) electrons. The Morgan fingerprint density at radius 2 is 1.75 bits per heavy atom. The summed E-state index contributed by atoms with van der Waals surface area (Å²) in [5.74, 6) is -0.623. The number of amides is 2. The van der Waals surface area contributed by atoms with Crippen LogP contribution < -0.4 is 10.6 Å². The van der Waals surface area contributed by atoms with Gasteiger partial charge < -0.3 is 10.6 Å². The number of aromatic nitrogens is 1. The minimum absolute atomic E-state index is 0.0199. The van der Waals surface area contributed by atoms with E-state index in [0.29, 0.717) is 5.69 Å². The van der Waals surface area contributed by atoms with Gasteiger partial charge in [0.1, 0.15) is 10.8 Å². The summed E-state index contributed by atoms with van der Waals surface area (Å²) in [6.07, 6.45) is 0. The molecule has 1 rings (SSSR count). The quantitative estimate of drug-likeness (QED) is 0.803. The lowest BCUT2D eigenvalue weighted by Gasteiger charge is -2.11. The normalized spacial score (nSPS) is 9.75. The van der Waals surface area contributed by atoms with Gasteiger partial charge in [-0.2, -0.15) is 0 Å². The summed E-state index contributed by atoms with van der Waals surface area (Å²) < 4.78 is 0. The summed E-state index contributed by atoms with van der Waals surface area (Å²) in [6, 6.07) is 1.40. The summed E-state index contributed by atoms with van der Waals surface area (Å²) in [6.45, 7) is 2.66. The highest BCUT2D eigenvalue weighted by molar-refractivity contribution is 6.35. The van der Waals surface area contributed by atoms with E-state index >= 15 is 0 Å². The average molecular weight is 262 g/mol. The molecule has 86 valence electrons. The highest BCUT2D eigenvalue weighted by atomic mass is 35.5. The number of nitrogens with zero attached hydrogens (tertiary/aromatic N) is 1. The number of hydrogen-bond acceptors (Lipinski definition) is 3. The molecular formula is C9H9Cl2N3O2. The molecule has 0 fully saturated rings. The molecule has 0 bridgehead atoms. The molecule has 2 amide bonds. The van der Waals surface area contributed by atoms with Gasteiger partial charge >= 0.3 is 0 Å². The van der Waals surface area contributed by atoms with E-state index in [1.807, 2.05) is 0 Å². The molecule has 7 heteroatoms. The standard InChI is InChI=1S/C9H9Cl2N3O2/c1-4(15)12-6-3-7(10)14-9(11)8(6)13-5(2)16/h3H,1-2H3,(H,13,16)(H,12,14,15). The monoisotopic (exact) mass is 261 g/mol. The van der Waals surface area contributed by atoms with Crippen molar-refractivity contribution in [3.63, 3.8) is 0 Å². The number of nitrogens with one attached hydrogen (secondary N) is 2. The minimum Gasteiger partial charge on any atom is -0.324 e. The molecule has 5 nitrogen and oxygen atoms in total. The summed E-state index contributed by atoms with van der Waals surface area (Å²) in [7, 11) is 0. The van der Waals surface area contributed by atoms with Crippen LogP contribution in [0.3, 0.4) is 0 Å². The number of carbonyl (C=O) groups excluding carboxylic acids is 2. The second-order valence-corrected chi connectivity index (χ2v) is 3.77. The van der Waals surface area contributed by atoms with Gasteiger partial charge in [0, 0.05) is 19.9 Å². The van der Waals surface area contributed by atoms with Gasteiger partial charge in [0.2, 0.25) is 11.8 Å². The first-order valence-corrected chi connectivity index (χ1v) is 5.07. The van der Waals surface area contributed by atoms with E-state index in [2.05, 4.69) is 15.6 Å². The molecule has 0 atom stereocenters. The van der Waals surface area contributed by atoms with Gasteiger partial charge in [-0.1, -0.05) is 23.2 Å². The summed E-state index contributed by atoms with van der Waals surface area (Å²) in [5, 5.41) is 5.11. The molecule has 16 heavy (non-hydrogen) atoms. The van der Waals surface area contributed by atoms with Gasteiger partial charge in [-0.15, -0.1) is 0 Å². The third-order valence-electron chi connectivity index (χ3n) is 1.56. The van der Waals surface area contributed by atoms with E-state index < -0.39 is 0 Å². The Balaban J connectivity index is 3.20. The van der Waals surface area contributed by atoms with Crippen LogP contribution in [0, 0.1) is 0 Å². The third kappa shape index (κ3) is 3.36. The molecule has 1 aromatic rings. The Morgan fingerprint density at radius 1 is 1.19 bits per heavy atom. The van der Waals surface area contributed by atoms with Crippen molar-refractivity contribution in [2.45, 2.75) is 13.8 Å². The Morgan fingerprint density at radius 3 is 2.25 bits per heavy atom. The van der Waals surface area contributed by atoms with E-state index in [1.165, 1.54) is 19.9 Å². The maximum atomic E-state index is 10.9. The number of hydrogen-bond donors (Lipinski definition) is 2. The zero-order chi connectivity index (χ0) is 12.3. The van der Waals surface area contributed by atoms with Gasteiger partial charge in [0.25, 0.3) is 0 Å². The second-order valence-electron chi connectivity index (χ2n) is 3.02. The fourth-order valence-electron chi connectivity index (χ4n) is 1.07. The molecule has 1 heterocycles. The summed E-state index contributed by atoms with van der Waals surface area (Å²) >= 11 is 11.5. The maximum absolute atomic E-state index is 10.9. The number of carbonyl (C=O) groups is 2. The van der Waals surface area contributed by atoms with Crippen molar-refractivity contribution in [2.24, 2.45) is 0 Å². The minimum atomic E-state index is -0.322. The van der Waals surface area contributed by atoms with Crippen molar-refractivity contribution in [3.8, 4) is 0 Å². The van der Waals surface area contributed by atoms with E-state index in [4.69, 9.17) is 23.2 Å². The number of pyridine rings is 1. The van der Waals surface area contributed by atoms with Crippen LogP contribution in [0.15, 0.2) is 6.07 Å². The van der Waals surface area contributed by atoms with E-state index in [0.717, 1.165) is 0 Å². The van der Waals surface area contributed by atoms with Gasteiger partial charge in [-0.3, -0.25) is 9.59 Å². The molecule has 0 aliphatic carbocycles. The zero-order valence-corrected chi connectivity index (χ0v) is 10.1. The van der Waals surface area contributed by atoms with Crippen molar-refractivity contribution in [1.82, 2.24) is 4.98 Å². The van der Waals surface area contributed by atoms with Crippen molar-refractivity contribution >= 4 is 46.4 Å². The molecule has 0 spiro atoms. The van der Waals surface area contributed by atoms with Crippen LogP contribution in [0.5, 0.6) is 0 Å². The summed E-state index contributed by atoms with van der Waals surface area (Å²) in [4.78, 5) is 25.6. The SMILES string of the molecule is CC(=O)Nc1cc(Cl)nc(Cl)c1NC(C)=O. The van der Waals surface area contributed by atoms with Crippen molar-refractivity contribution in [1.29, 1.82) is 0 Å². The van der Waals surface area contributed by atoms with Gasteiger partial charge in [0.05, 0.1) is 5.69 Å². The van der Waals surface area contributed by atoms with Crippen LogP contribution in [0.25, 0.3) is 0 Å². The Hall–Kier alpha value is -1.33. The Labute approximate surface area is 102 Å². The van der Waals surface area contributed by atoms with E-state index in [-0.39, 0.29) is 27.8 Å². The lowest BCUT2D eigenvalue weighted by molar-refractivity contribution is -0.115. The molecule has 0 aromatic carbocycles. The molecule has 0 aliphatic rings. The average Bonchev–Trinajstić information content (AvgIpc) is 2.09. The maximum Gasteiger partial charge on any atom is 0.221 e. The molecule has 0 unspecified atom stereocenters. The van der Waals surface area contributed by atoms with Crippen LogP contribution in [0.2, 0.25) is 10.3 Å². The van der Waals surface area contributed by atoms with Crippen LogP contribution in [-0.2, 0) is 9.59 Å². The highest BCUT2D eigenvalue weighted by Crippen LogP contribution is 2.31. The first kappa shape index (κ1) is 12.7. The van der Waals surface area contributed by atoms with Crippen LogP contribution in [0.4, 0.5) is 11.4 Å². The van der Waals surface area contributed by atoms with Gasteiger partial charge in [0.15, 0.2) is 5.15 Å². The number of halogens is 2. The third-order valence-corrected chi connectivity index (χ3v) is 2.02. The van der Waals surface area contributed by atoms with Crippen LogP contribution in [0.1, 0.15) is 13.8 Å². The zero-order valence-electron chi connectivity index (χ0n) is 8.60. The fourth-order valence-corrected chi connectivity index (χ4v) is 1.54. The molecule has 0 aliphatic heterocycles. The van der Waals surface area contributed by atoms with E-state index in [1.54, 1.807) is 0 Å². The van der Waals surface area contributed by atoms with Crippen LogP contribution >= 0.6 is 23.2 Å². The number of rotatable bonds is 2. The second kappa shape index (κ2) is 5.14. The van der Waals surface area contributed by atoms with Crippen molar-refractivity contribution in [2.75, 3.05) is 10.6 Å². The Bertz CT molecular complexity index is 449. The smallest absolute Gasteiger partial charge is 0.221 e. The topological polar surface area (TPSA) is 71.1 Å². The van der Waals surface area contributed by atoms with Crippen molar-refractivity contribution < 1.29 is 9.59 Å². The lowest BCUT2D eigenvalue weighted by atomic mass is 10.3. The fraction of sp³-hybridized carbons (Fsp3) is 0.222. The molecular weight excluding hydrogens is 253 g/mol. The predicted octanol–water partition coefficient (Wildman–Crippen LogP) is 2.31. The number of anilines is 2. The molecule has 2 N–H and O–H groups in total. The molecule has 1 aromatic heterocycles. The molecule has 0 saturated heterocycles. The van der Waals surface area contributed by atoms with Gasteiger partial charge in [-0.05, 0) is 0 Å². The summed E-state index contributed by atoms with van der Waals surface area (Å²) in [5.41, 5.74) is 0.543. The first-order chi connectivity index (χ1) is 7.40. The molecule has 0 saturated carbocycles.